The molecule has 0 N–H and O–H groups in total. The molecule has 13 heavy (non-hydrogen) atoms. The number of amides is 1. The number of hydrogen-bond donors (Lipinski definition) is 0. The Balaban J connectivity index is 1.95. The van der Waals surface area contributed by atoms with Crippen LogP contribution in [0.4, 0.5) is 0 Å². The lowest BCUT2D eigenvalue weighted by Gasteiger charge is -2.30. The van der Waals surface area contributed by atoms with E-state index in [1.807, 2.05) is 4.90 Å². The molecule has 2 saturated heterocycles. The maximum Gasteiger partial charge on any atom is 0.224 e. The number of halogens is 1. The van der Waals surface area contributed by atoms with E-state index in [1.165, 1.54) is 0 Å². The first kappa shape index (κ1) is 9.28. The standard InChI is InChI=1S/C9H14ClNO2/c10-7-5-9(12)11(6-7)8-1-3-13-4-2-8/h7-8H,1-6H2. The Morgan fingerprint density at radius 2 is 2.08 bits per heavy atom. The first-order valence-electron chi connectivity index (χ1n) is 4.78. The number of hydrogen-bond acceptors (Lipinski definition) is 2. The molecule has 1 atom stereocenters. The highest BCUT2D eigenvalue weighted by Gasteiger charge is 2.33. The predicted molar refractivity (Wildman–Crippen MR) is 49.8 cm³/mol. The molecule has 0 aliphatic carbocycles. The van der Waals surface area contributed by atoms with Gasteiger partial charge < -0.3 is 9.64 Å². The zero-order chi connectivity index (χ0) is 9.26. The maximum absolute atomic E-state index is 11.5. The normalized spacial score (nSPS) is 31.3. The number of carbonyl (C=O) groups excluding carboxylic acids is 1. The molecule has 2 fully saturated rings. The monoisotopic (exact) mass is 203 g/mol. The zero-order valence-electron chi connectivity index (χ0n) is 7.54. The van der Waals surface area contributed by atoms with Crippen molar-refractivity contribution < 1.29 is 9.53 Å². The van der Waals surface area contributed by atoms with E-state index >= 15 is 0 Å². The molecule has 2 rings (SSSR count). The molecule has 2 heterocycles. The molecule has 0 aromatic heterocycles. The van der Waals surface area contributed by atoms with E-state index in [1.54, 1.807) is 0 Å². The van der Waals surface area contributed by atoms with E-state index in [2.05, 4.69) is 0 Å². The summed E-state index contributed by atoms with van der Waals surface area (Å²) in [6.07, 6.45) is 2.45. The Morgan fingerprint density at radius 3 is 2.62 bits per heavy atom. The summed E-state index contributed by atoms with van der Waals surface area (Å²) in [4.78, 5) is 13.4. The smallest absolute Gasteiger partial charge is 0.224 e. The zero-order valence-corrected chi connectivity index (χ0v) is 8.29. The maximum atomic E-state index is 11.5. The van der Waals surface area contributed by atoms with E-state index in [0.717, 1.165) is 32.6 Å². The predicted octanol–water partition coefficient (Wildman–Crippen LogP) is 1.01. The molecule has 74 valence electrons. The molecule has 0 saturated carbocycles. The summed E-state index contributed by atoms with van der Waals surface area (Å²) >= 11 is 5.93. The van der Waals surface area contributed by atoms with Crippen LogP contribution in [-0.2, 0) is 9.53 Å². The molecule has 4 heteroatoms. The molecule has 1 unspecified atom stereocenters. The van der Waals surface area contributed by atoms with Crippen molar-refractivity contribution in [3.8, 4) is 0 Å². The van der Waals surface area contributed by atoms with Gasteiger partial charge >= 0.3 is 0 Å². The molecule has 0 aromatic carbocycles. The molecule has 1 amide bonds. The van der Waals surface area contributed by atoms with Crippen LogP contribution in [0.5, 0.6) is 0 Å². The number of ether oxygens (including phenoxy) is 1. The molecule has 0 spiro atoms. The van der Waals surface area contributed by atoms with Crippen LogP contribution in [0.1, 0.15) is 19.3 Å². The molecular formula is C9H14ClNO2. The number of rotatable bonds is 1. The van der Waals surface area contributed by atoms with Crippen molar-refractivity contribution in [1.82, 2.24) is 4.90 Å². The van der Waals surface area contributed by atoms with Gasteiger partial charge in [0, 0.05) is 32.2 Å². The summed E-state index contributed by atoms with van der Waals surface area (Å²) in [5, 5.41) is 0.0235. The molecule has 0 aromatic rings. The van der Waals surface area contributed by atoms with E-state index in [9.17, 15) is 4.79 Å². The fourth-order valence-electron chi connectivity index (χ4n) is 2.04. The van der Waals surface area contributed by atoms with Gasteiger partial charge in [-0.05, 0) is 12.8 Å². The van der Waals surface area contributed by atoms with E-state index in [4.69, 9.17) is 16.3 Å². The third kappa shape index (κ3) is 1.97. The van der Waals surface area contributed by atoms with Crippen molar-refractivity contribution in [1.29, 1.82) is 0 Å². The van der Waals surface area contributed by atoms with Crippen LogP contribution in [0.25, 0.3) is 0 Å². The SMILES string of the molecule is O=C1CC(Cl)CN1C1CCOCC1. The van der Waals surface area contributed by atoms with Crippen LogP contribution in [-0.4, -0.2) is 42.0 Å². The average molecular weight is 204 g/mol. The van der Waals surface area contributed by atoms with Crippen LogP contribution in [0.15, 0.2) is 0 Å². The Morgan fingerprint density at radius 1 is 1.38 bits per heavy atom. The lowest BCUT2D eigenvalue weighted by molar-refractivity contribution is -0.131. The van der Waals surface area contributed by atoms with Gasteiger partial charge in [-0.1, -0.05) is 0 Å². The van der Waals surface area contributed by atoms with Crippen molar-refractivity contribution in [3.05, 3.63) is 0 Å². The Bertz CT molecular complexity index is 204. The molecule has 0 radical (unpaired) electrons. The van der Waals surface area contributed by atoms with E-state index in [0.29, 0.717) is 12.5 Å². The molecule has 2 aliphatic rings. The van der Waals surface area contributed by atoms with Gasteiger partial charge in [-0.25, -0.2) is 0 Å². The van der Waals surface area contributed by atoms with Gasteiger partial charge in [0.25, 0.3) is 0 Å². The summed E-state index contributed by atoms with van der Waals surface area (Å²) in [5.41, 5.74) is 0. The molecule has 3 nitrogen and oxygen atoms in total. The minimum Gasteiger partial charge on any atom is -0.381 e. The van der Waals surface area contributed by atoms with Gasteiger partial charge in [-0.15, -0.1) is 11.6 Å². The average Bonchev–Trinajstić information content (AvgIpc) is 2.47. The van der Waals surface area contributed by atoms with Gasteiger partial charge in [0.15, 0.2) is 0 Å². The number of likely N-dealkylation sites (tertiary alicyclic amines) is 1. The Kier molecular flexibility index (Phi) is 2.74. The molecule has 0 bridgehead atoms. The third-order valence-electron chi connectivity index (χ3n) is 2.74. The third-order valence-corrected chi connectivity index (χ3v) is 3.04. The second kappa shape index (κ2) is 3.84. The fourth-order valence-corrected chi connectivity index (χ4v) is 2.32. The Labute approximate surface area is 83.0 Å². The topological polar surface area (TPSA) is 29.5 Å². The first-order valence-corrected chi connectivity index (χ1v) is 5.22. The van der Waals surface area contributed by atoms with Crippen LogP contribution < -0.4 is 0 Å². The summed E-state index contributed by atoms with van der Waals surface area (Å²) < 4.78 is 5.25. The minimum atomic E-state index is 0.0235. The summed E-state index contributed by atoms with van der Waals surface area (Å²) in [7, 11) is 0. The van der Waals surface area contributed by atoms with Gasteiger partial charge in [-0.2, -0.15) is 0 Å². The number of carbonyl (C=O) groups is 1. The van der Waals surface area contributed by atoms with Gasteiger partial charge in [-0.3, -0.25) is 4.79 Å². The van der Waals surface area contributed by atoms with Crippen molar-refractivity contribution in [3.63, 3.8) is 0 Å². The van der Waals surface area contributed by atoms with Gasteiger partial charge in [0.2, 0.25) is 5.91 Å². The number of alkyl halides is 1. The fraction of sp³-hybridized carbons (Fsp3) is 0.889. The highest BCUT2D eigenvalue weighted by molar-refractivity contribution is 6.22. The van der Waals surface area contributed by atoms with Crippen LogP contribution in [0, 0.1) is 0 Å². The van der Waals surface area contributed by atoms with Gasteiger partial charge in [0.05, 0.1) is 5.38 Å². The van der Waals surface area contributed by atoms with E-state index < -0.39 is 0 Å². The second-order valence-electron chi connectivity index (χ2n) is 3.69. The molecule has 2 aliphatic heterocycles. The summed E-state index contributed by atoms with van der Waals surface area (Å²) in [5.74, 6) is 0.215. The van der Waals surface area contributed by atoms with Gasteiger partial charge in [0.1, 0.15) is 0 Å². The van der Waals surface area contributed by atoms with Crippen LogP contribution >= 0.6 is 11.6 Å². The number of nitrogens with zero attached hydrogens (tertiary/aromatic N) is 1. The van der Waals surface area contributed by atoms with Crippen molar-refractivity contribution in [2.24, 2.45) is 0 Å². The second-order valence-corrected chi connectivity index (χ2v) is 4.31. The van der Waals surface area contributed by atoms with Crippen molar-refractivity contribution in [2.75, 3.05) is 19.8 Å². The largest absolute Gasteiger partial charge is 0.381 e. The summed E-state index contributed by atoms with van der Waals surface area (Å²) in [6, 6.07) is 0.380. The van der Waals surface area contributed by atoms with Crippen molar-refractivity contribution in [2.45, 2.75) is 30.7 Å². The lowest BCUT2D eigenvalue weighted by Crippen LogP contribution is -2.40. The lowest BCUT2D eigenvalue weighted by atomic mass is 10.1. The molecular weight excluding hydrogens is 190 g/mol. The van der Waals surface area contributed by atoms with Crippen LogP contribution in [0.3, 0.4) is 0 Å². The van der Waals surface area contributed by atoms with E-state index in [-0.39, 0.29) is 11.3 Å². The van der Waals surface area contributed by atoms with Crippen LogP contribution in [0.2, 0.25) is 0 Å². The quantitative estimate of drug-likeness (QED) is 0.596. The first-order chi connectivity index (χ1) is 6.27. The summed E-state index contributed by atoms with van der Waals surface area (Å²) in [6.45, 7) is 2.29. The van der Waals surface area contributed by atoms with Crippen molar-refractivity contribution >= 4 is 17.5 Å². The minimum absolute atomic E-state index is 0.0235. The Hall–Kier alpha value is -0.280. The highest BCUT2D eigenvalue weighted by Crippen LogP contribution is 2.23. The highest BCUT2D eigenvalue weighted by atomic mass is 35.5.